The van der Waals surface area contributed by atoms with Crippen LogP contribution in [0.1, 0.15) is 12.8 Å². The molecule has 2 aromatic carbocycles. The summed E-state index contributed by atoms with van der Waals surface area (Å²) in [5.74, 6) is 1.79. The molecule has 11 nitrogen and oxygen atoms in total. The maximum atomic E-state index is 5.93. The van der Waals surface area contributed by atoms with Gasteiger partial charge in [-0.15, -0.1) is 0 Å². The molecule has 0 saturated carbocycles. The highest BCUT2D eigenvalue weighted by Gasteiger charge is 2.25. The van der Waals surface area contributed by atoms with Gasteiger partial charge in [0.2, 0.25) is 5.95 Å². The van der Waals surface area contributed by atoms with Crippen LogP contribution in [-0.4, -0.2) is 88.3 Å². The Kier molecular flexibility index (Phi) is 9.16. The summed E-state index contributed by atoms with van der Waals surface area (Å²) < 4.78 is 8.50. The lowest BCUT2D eigenvalue weighted by Crippen LogP contribution is -2.42. The number of ether oxygens (including phenoxy) is 1. The molecule has 0 bridgehead atoms. The molecule has 4 heterocycles. The normalized spacial score (nSPS) is 14.0. The van der Waals surface area contributed by atoms with Crippen molar-refractivity contribution in [3.63, 3.8) is 0 Å². The molecular weight excluding hydrogens is 651 g/mol. The standard InChI is InChI=1S/C32H38BrN10OP/c1-41(2)21-9-13-43(14-10-21)27-16-28(44-4)26(15-22(27)20-17-37-42(3)19-20)39-32-36-18-23(33)31(40-32)38-25-8-7-24-29(30(25)45(5)6)35-12-11-34-24/h7-8,11-12,15-19,21H,9-10,13-14H2,1-6H3,(H2,36,38,39,40). The minimum Gasteiger partial charge on any atom is -0.494 e. The Morgan fingerprint density at radius 3 is 2.47 bits per heavy atom. The number of fused-ring (bicyclic) bond motifs is 1. The lowest BCUT2D eigenvalue weighted by atomic mass is 9.99. The Morgan fingerprint density at radius 1 is 1.00 bits per heavy atom. The lowest BCUT2D eigenvalue weighted by Gasteiger charge is -2.37. The zero-order valence-corrected chi connectivity index (χ0v) is 28.9. The number of methoxy groups -OCH3 is 1. The van der Waals surface area contributed by atoms with Crippen LogP contribution in [0.5, 0.6) is 5.75 Å². The number of halogens is 1. The minimum atomic E-state index is -0.484. The van der Waals surface area contributed by atoms with Crippen LogP contribution < -0.4 is 25.6 Å². The highest BCUT2D eigenvalue weighted by Crippen LogP contribution is 2.41. The number of hydrogen-bond acceptors (Lipinski definition) is 10. The fourth-order valence-electron chi connectivity index (χ4n) is 5.85. The van der Waals surface area contributed by atoms with Crippen LogP contribution in [0.15, 0.2) is 59.7 Å². The minimum absolute atomic E-state index is 0.438. The zero-order chi connectivity index (χ0) is 31.7. The van der Waals surface area contributed by atoms with Crippen molar-refractivity contribution in [3.8, 4) is 16.9 Å². The SMILES string of the molecule is COc1cc(N2CCC(N(C)C)CC2)c(-c2cnn(C)c2)cc1Nc1ncc(Br)c(Nc2ccc3nccnc3c2P(C)C)n1. The Labute approximate surface area is 273 Å². The third kappa shape index (κ3) is 6.59. The molecule has 6 rings (SSSR count). The predicted octanol–water partition coefficient (Wildman–Crippen LogP) is 5.98. The number of nitrogens with one attached hydrogen (secondary N) is 2. The molecule has 0 spiro atoms. The van der Waals surface area contributed by atoms with Gasteiger partial charge in [0.25, 0.3) is 0 Å². The third-order valence-electron chi connectivity index (χ3n) is 8.17. The first kappa shape index (κ1) is 31.1. The summed E-state index contributed by atoms with van der Waals surface area (Å²) in [6.07, 6.45) is 11.4. The second-order valence-corrected chi connectivity index (χ2v) is 14.7. The average molecular weight is 690 g/mol. The molecule has 45 heavy (non-hydrogen) atoms. The van der Waals surface area contributed by atoms with E-state index in [1.54, 1.807) is 25.7 Å². The van der Waals surface area contributed by atoms with Gasteiger partial charge in [-0.2, -0.15) is 10.1 Å². The van der Waals surface area contributed by atoms with E-state index in [1.165, 1.54) is 0 Å². The first-order valence-corrected chi connectivity index (χ1v) is 17.8. The zero-order valence-electron chi connectivity index (χ0n) is 26.4. The monoisotopic (exact) mass is 688 g/mol. The van der Waals surface area contributed by atoms with Crippen molar-refractivity contribution in [2.75, 3.05) is 63.2 Å². The molecule has 1 fully saturated rings. The van der Waals surface area contributed by atoms with Crippen LogP contribution in [0.3, 0.4) is 0 Å². The van der Waals surface area contributed by atoms with Crippen molar-refractivity contribution < 1.29 is 4.74 Å². The number of benzene rings is 2. The number of aryl methyl sites for hydroxylation is 1. The molecule has 13 heteroatoms. The van der Waals surface area contributed by atoms with E-state index < -0.39 is 7.92 Å². The molecule has 0 atom stereocenters. The van der Waals surface area contributed by atoms with Gasteiger partial charge in [-0.1, -0.05) is 7.92 Å². The summed E-state index contributed by atoms with van der Waals surface area (Å²) in [6.45, 7) is 6.37. The van der Waals surface area contributed by atoms with E-state index in [0.29, 0.717) is 23.6 Å². The summed E-state index contributed by atoms with van der Waals surface area (Å²) in [7, 11) is 7.47. The van der Waals surface area contributed by atoms with Crippen molar-refractivity contribution >= 4 is 69.0 Å². The highest BCUT2D eigenvalue weighted by atomic mass is 79.9. The topological polar surface area (TPSA) is 109 Å². The molecule has 0 amide bonds. The fourth-order valence-corrected chi connectivity index (χ4v) is 7.35. The van der Waals surface area contributed by atoms with Gasteiger partial charge in [0.1, 0.15) is 11.6 Å². The smallest absolute Gasteiger partial charge is 0.229 e. The number of aromatic nitrogens is 6. The van der Waals surface area contributed by atoms with Crippen molar-refractivity contribution in [2.24, 2.45) is 7.05 Å². The van der Waals surface area contributed by atoms with Gasteiger partial charge in [0, 0.05) is 84.8 Å². The van der Waals surface area contributed by atoms with Crippen LogP contribution in [0.25, 0.3) is 22.2 Å². The second kappa shape index (κ2) is 13.2. The molecule has 1 aliphatic rings. The molecule has 0 radical (unpaired) electrons. The third-order valence-corrected chi connectivity index (χ3v) is 10.1. The van der Waals surface area contributed by atoms with Gasteiger partial charge in [0.05, 0.1) is 34.5 Å². The summed E-state index contributed by atoms with van der Waals surface area (Å²) >= 11 is 3.64. The van der Waals surface area contributed by atoms with E-state index in [9.17, 15) is 0 Å². The van der Waals surface area contributed by atoms with Gasteiger partial charge >= 0.3 is 0 Å². The molecular formula is C32H38BrN10OP. The van der Waals surface area contributed by atoms with Gasteiger partial charge in [0.15, 0.2) is 0 Å². The second-order valence-electron chi connectivity index (χ2n) is 11.6. The maximum absolute atomic E-state index is 5.93. The number of hydrogen-bond donors (Lipinski definition) is 2. The molecule has 1 aliphatic heterocycles. The molecule has 5 aromatic rings. The Morgan fingerprint density at radius 2 is 1.78 bits per heavy atom. The van der Waals surface area contributed by atoms with Crippen LogP contribution in [0.2, 0.25) is 0 Å². The van der Waals surface area contributed by atoms with Crippen LogP contribution in [-0.2, 0) is 7.05 Å². The fraction of sp³-hybridized carbons (Fsp3) is 0.344. The van der Waals surface area contributed by atoms with E-state index in [4.69, 9.17) is 9.72 Å². The van der Waals surface area contributed by atoms with Gasteiger partial charge in [-0.05, 0) is 74.4 Å². The van der Waals surface area contributed by atoms with Gasteiger partial charge in [-0.3, -0.25) is 14.6 Å². The van der Waals surface area contributed by atoms with Crippen molar-refractivity contribution in [2.45, 2.75) is 18.9 Å². The summed E-state index contributed by atoms with van der Waals surface area (Å²) in [6, 6.07) is 8.84. The Hall–Kier alpha value is -3.86. The number of nitrogens with zero attached hydrogens (tertiary/aromatic N) is 8. The average Bonchev–Trinajstić information content (AvgIpc) is 3.48. The number of piperidine rings is 1. The Bertz CT molecular complexity index is 1820. The molecule has 234 valence electrons. The largest absolute Gasteiger partial charge is 0.494 e. The van der Waals surface area contributed by atoms with Crippen molar-refractivity contribution in [3.05, 3.63) is 59.7 Å². The molecule has 2 N–H and O–H groups in total. The molecule has 0 unspecified atom stereocenters. The summed E-state index contributed by atoms with van der Waals surface area (Å²) in [4.78, 5) is 23.4. The number of anilines is 5. The molecule has 0 aliphatic carbocycles. The maximum Gasteiger partial charge on any atom is 0.229 e. The van der Waals surface area contributed by atoms with Gasteiger partial charge < -0.3 is 25.2 Å². The van der Waals surface area contributed by atoms with Crippen molar-refractivity contribution in [1.82, 2.24) is 34.6 Å². The summed E-state index contributed by atoms with van der Waals surface area (Å²) in [5.41, 5.74) is 6.73. The number of rotatable bonds is 9. The summed E-state index contributed by atoms with van der Waals surface area (Å²) in [5, 5.41) is 12.6. The van der Waals surface area contributed by atoms with Crippen LogP contribution in [0, 0.1) is 0 Å². The van der Waals surface area contributed by atoms with E-state index in [0.717, 1.165) is 74.9 Å². The van der Waals surface area contributed by atoms with Crippen LogP contribution >= 0.6 is 23.9 Å². The van der Waals surface area contributed by atoms with E-state index in [1.807, 2.05) is 36.3 Å². The highest BCUT2D eigenvalue weighted by molar-refractivity contribution is 9.10. The van der Waals surface area contributed by atoms with Gasteiger partial charge in [-0.25, -0.2) is 4.98 Å². The molecule has 3 aromatic heterocycles. The van der Waals surface area contributed by atoms with Crippen LogP contribution in [0.4, 0.5) is 28.8 Å². The first-order chi connectivity index (χ1) is 21.7. The van der Waals surface area contributed by atoms with Crippen molar-refractivity contribution in [1.29, 1.82) is 0 Å². The van der Waals surface area contributed by atoms with E-state index in [2.05, 4.69) is 96.0 Å². The van der Waals surface area contributed by atoms with E-state index in [-0.39, 0.29) is 0 Å². The Balaban J connectivity index is 1.34. The quantitative estimate of drug-likeness (QED) is 0.180. The molecule has 1 saturated heterocycles. The first-order valence-electron chi connectivity index (χ1n) is 14.8. The lowest BCUT2D eigenvalue weighted by molar-refractivity contribution is 0.249. The predicted molar refractivity (Wildman–Crippen MR) is 188 cm³/mol. The van der Waals surface area contributed by atoms with E-state index >= 15 is 0 Å².